The van der Waals surface area contributed by atoms with Crippen molar-refractivity contribution in [3.8, 4) is 6.19 Å². The SMILES string of the molecule is CCC(=NCc1cc(Cl)nc(Cl)c1)NC#N. The van der Waals surface area contributed by atoms with E-state index < -0.39 is 0 Å². The Balaban J connectivity index is 2.77. The van der Waals surface area contributed by atoms with Crippen LogP contribution in [-0.4, -0.2) is 10.8 Å². The van der Waals surface area contributed by atoms with E-state index in [1.165, 1.54) is 0 Å². The second-order valence-corrected chi connectivity index (χ2v) is 3.75. The molecule has 0 aliphatic carbocycles. The zero-order chi connectivity index (χ0) is 12.0. The molecule has 84 valence electrons. The van der Waals surface area contributed by atoms with Gasteiger partial charge in [-0.25, -0.2) is 4.98 Å². The quantitative estimate of drug-likeness (QED) is 0.298. The number of aliphatic imine (C=N–C) groups is 1. The highest BCUT2D eigenvalue weighted by Crippen LogP contribution is 2.15. The maximum Gasteiger partial charge on any atom is 0.182 e. The van der Waals surface area contributed by atoms with Gasteiger partial charge >= 0.3 is 0 Å². The Morgan fingerprint density at radius 2 is 2.12 bits per heavy atom. The molecule has 0 spiro atoms. The third kappa shape index (κ3) is 4.05. The fourth-order valence-electron chi connectivity index (χ4n) is 1.10. The average molecular weight is 257 g/mol. The topological polar surface area (TPSA) is 61.1 Å². The molecule has 6 heteroatoms. The van der Waals surface area contributed by atoms with Crippen LogP contribution in [0.5, 0.6) is 0 Å². The first kappa shape index (κ1) is 12.8. The van der Waals surface area contributed by atoms with Gasteiger partial charge in [0.2, 0.25) is 0 Å². The Hall–Kier alpha value is -1.31. The molecule has 0 aliphatic rings. The van der Waals surface area contributed by atoms with Crippen LogP contribution in [0.15, 0.2) is 17.1 Å². The fraction of sp³-hybridized carbons (Fsp3) is 0.300. The molecule has 0 saturated carbocycles. The van der Waals surface area contributed by atoms with Crippen LogP contribution < -0.4 is 5.32 Å². The van der Waals surface area contributed by atoms with Crippen LogP contribution in [0.3, 0.4) is 0 Å². The highest BCUT2D eigenvalue weighted by molar-refractivity contribution is 6.32. The Labute approximate surface area is 104 Å². The van der Waals surface area contributed by atoms with Crippen LogP contribution in [0, 0.1) is 11.5 Å². The van der Waals surface area contributed by atoms with Crippen LogP contribution in [-0.2, 0) is 6.54 Å². The minimum Gasteiger partial charge on any atom is -0.281 e. The number of aromatic nitrogens is 1. The summed E-state index contributed by atoms with van der Waals surface area (Å²) in [5.74, 6) is 0.631. The molecule has 16 heavy (non-hydrogen) atoms. The maximum absolute atomic E-state index is 8.46. The van der Waals surface area contributed by atoms with Crippen molar-refractivity contribution in [1.29, 1.82) is 5.26 Å². The monoisotopic (exact) mass is 256 g/mol. The molecule has 0 aliphatic heterocycles. The van der Waals surface area contributed by atoms with Gasteiger partial charge in [0.15, 0.2) is 6.19 Å². The molecule has 0 fully saturated rings. The zero-order valence-electron chi connectivity index (χ0n) is 8.67. The summed E-state index contributed by atoms with van der Waals surface area (Å²) < 4.78 is 0. The van der Waals surface area contributed by atoms with Crippen molar-refractivity contribution in [2.24, 2.45) is 4.99 Å². The summed E-state index contributed by atoms with van der Waals surface area (Å²) >= 11 is 11.5. The highest BCUT2D eigenvalue weighted by Gasteiger charge is 1.99. The van der Waals surface area contributed by atoms with E-state index in [0.29, 0.717) is 29.1 Å². The smallest absolute Gasteiger partial charge is 0.182 e. The first-order valence-electron chi connectivity index (χ1n) is 4.66. The van der Waals surface area contributed by atoms with E-state index in [4.69, 9.17) is 28.5 Å². The molecular formula is C10H10Cl2N4. The Morgan fingerprint density at radius 1 is 1.50 bits per heavy atom. The standard InChI is InChI=1S/C10H10Cl2N4/c1-2-10(15-6-13)14-5-7-3-8(11)16-9(12)4-7/h3-4H,2,5H2,1H3,(H,14,15). The van der Waals surface area contributed by atoms with Gasteiger partial charge in [-0.05, 0) is 17.7 Å². The summed E-state index contributed by atoms with van der Waals surface area (Å²) in [7, 11) is 0. The van der Waals surface area contributed by atoms with E-state index in [1.54, 1.807) is 12.1 Å². The van der Waals surface area contributed by atoms with E-state index >= 15 is 0 Å². The number of rotatable bonds is 3. The number of amidine groups is 1. The summed E-state index contributed by atoms with van der Waals surface area (Å²) in [4.78, 5) is 8.05. The van der Waals surface area contributed by atoms with Crippen molar-refractivity contribution in [3.05, 3.63) is 28.0 Å². The predicted molar refractivity (Wildman–Crippen MR) is 64.4 cm³/mol. The van der Waals surface area contributed by atoms with Crippen molar-refractivity contribution >= 4 is 29.0 Å². The van der Waals surface area contributed by atoms with Crippen LogP contribution in [0.25, 0.3) is 0 Å². The molecule has 1 rings (SSSR count). The fourth-order valence-corrected chi connectivity index (χ4v) is 1.60. The lowest BCUT2D eigenvalue weighted by atomic mass is 10.3. The molecule has 0 atom stereocenters. The van der Waals surface area contributed by atoms with Crippen molar-refractivity contribution in [2.75, 3.05) is 0 Å². The summed E-state index contributed by atoms with van der Waals surface area (Å²) in [6.07, 6.45) is 2.50. The molecule has 1 aromatic rings. The molecular weight excluding hydrogens is 247 g/mol. The van der Waals surface area contributed by atoms with Crippen LogP contribution in [0.4, 0.5) is 0 Å². The number of halogens is 2. The van der Waals surface area contributed by atoms with Crippen molar-refractivity contribution < 1.29 is 0 Å². The zero-order valence-corrected chi connectivity index (χ0v) is 10.2. The molecule has 0 unspecified atom stereocenters. The number of hydrogen-bond acceptors (Lipinski definition) is 3. The molecule has 0 aromatic carbocycles. The highest BCUT2D eigenvalue weighted by atomic mass is 35.5. The summed E-state index contributed by atoms with van der Waals surface area (Å²) in [5.41, 5.74) is 0.857. The molecule has 1 aromatic heterocycles. The normalized spacial score (nSPS) is 11.0. The molecule has 0 saturated heterocycles. The minimum absolute atomic E-state index is 0.337. The molecule has 1 heterocycles. The molecule has 4 nitrogen and oxygen atoms in total. The van der Waals surface area contributed by atoms with Gasteiger partial charge in [-0.3, -0.25) is 10.3 Å². The lowest BCUT2D eigenvalue weighted by molar-refractivity contribution is 1.00. The van der Waals surface area contributed by atoms with Crippen molar-refractivity contribution in [2.45, 2.75) is 19.9 Å². The Morgan fingerprint density at radius 3 is 2.62 bits per heavy atom. The van der Waals surface area contributed by atoms with E-state index in [9.17, 15) is 0 Å². The number of hydrogen-bond donors (Lipinski definition) is 1. The minimum atomic E-state index is 0.337. The van der Waals surface area contributed by atoms with Gasteiger partial charge in [0.25, 0.3) is 0 Å². The first-order valence-corrected chi connectivity index (χ1v) is 5.41. The number of nitrogens with zero attached hydrogens (tertiary/aromatic N) is 3. The van der Waals surface area contributed by atoms with E-state index in [2.05, 4.69) is 15.3 Å². The second kappa shape index (κ2) is 6.31. The van der Waals surface area contributed by atoms with Gasteiger partial charge in [-0.15, -0.1) is 0 Å². The van der Waals surface area contributed by atoms with Crippen molar-refractivity contribution in [1.82, 2.24) is 10.3 Å². The predicted octanol–water partition coefficient (Wildman–Crippen LogP) is 2.77. The van der Waals surface area contributed by atoms with Crippen LogP contribution in [0.1, 0.15) is 18.9 Å². The second-order valence-electron chi connectivity index (χ2n) is 2.97. The Bertz CT molecular complexity index is 417. The van der Waals surface area contributed by atoms with Gasteiger partial charge in [0.1, 0.15) is 16.1 Å². The third-order valence-electron chi connectivity index (χ3n) is 1.81. The summed E-state index contributed by atoms with van der Waals surface area (Å²) in [6, 6.07) is 3.38. The maximum atomic E-state index is 8.46. The summed E-state index contributed by atoms with van der Waals surface area (Å²) in [6.45, 7) is 2.33. The first-order chi connectivity index (χ1) is 7.65. The van der Waals surface area contributed by atoms with E-state index in [-0.39, 0.29) is 0 Å². The van der Waals surface area contributed by atoms with Gasteiger partial charge in [-0.1, -0.05) is 30.1 Å². The molecule has 1 N–H and O–H groups in total. The van der Waals surface area contributed by atoms with Gasteiger partial charge in [0, 0.05) is 6.42 Å². The van der Waals surface area contributed by atoms with Gasteiger partial charge in [0.05, 0.1) is 6.54 Å². The van der Waals surface area contributed by atoms with E-state index in [1.807, 2.05) is 13.1 Å². The summed E-state index contributed by atoms with van der Waals surface area (Å²) in [5, 5.41) is 11.6. The van der Waals surface area contributed by atoms with Crippen LogP contribution in [0.2, 0.25) is 10.3 Å². The largest absolute Gasteiger partial charge is 0.281 e. The Kier molecular flexibility index (Phi) is 5.03. The molecule has 0 bridgehead atoms. The number of nitriles is 1. The number of nitrogens with one attached hydrogen (secondary N) is 1. The van der Waals surface area contributed by atoms with Gasteiger partial charge < -0.3 is 0 Å². The number of pyridine rings is 1. The van der Waals surface area contributed by atoms with Gasteiger partial charge in [-0.2, -0.15) is 5.26 Å². The average Bonchev–Trinajstić information content (AvgIpc) is 2.23. The molecule has 0 amide bonds. The van der Waals surface area contributed by atoms with Crippen molar-refractivity contribution in [3.63, 3.8) is 0 Å². The third-order valence-corrected chi connectivity index (χ3v) is 2.20. The van der Waals surface area contributed by atoms with E-state index in [0.717, 1.165) is 5.56 Å². The lowest BCUT2D eigenvalue weighted by Crippen LogP contribution is -2.16. The molecule has 0 radical (unpaired) electrons. The van der Waals surface area contributed by atoms with Crippen LogP contribution >= 0.6 is 23.2 Å². The lowest BCUT2D eigenvalue weighted by Gasteiger charge is -2.02.